The van der Waals surface area contributed by atoms with Crippen molar-refractivity contribution in [1.82, 2.24) is 4.98 Å². The Kier molecular flexibility index (Phi) is 4.62. The molecule has 0 bridgehead atoms. The van der Waals surface area contributed by atoms with Gasteiger partial charge in [-0.1, -0.05) is 31.2 Å². The average molecular weight is 317 g/mol. The lowest BCUT2D eigenvalue weighted by molar-refractivity contribution is 0.415. The summed E-state index contributed by atoms with van der Waals surface area (Å²) in [6.07, 6.45) is 2.64. The van der Waals surface area contributed by atoms with Crippen molar-refractivity contribution in [2.75, 3.05) is 12.4 Å². The monoisotopic (exact) mass is 317 g/mol. The maximum absolute atomic E-state index is 9.41. The molecule has 0 amide bonds. The number of aromatic nitrogens is 1. The molecule has 3 rings (SSSR count). The van der Waals surface area contributed by atoms with Crippen LogP contribution in [0.4, 0.5) is 5.69 Å². The zero-order chi connectivity index (χ0) is 16.9. The number of nitriles is 1. The molecule has 1 aromatic heterocycles. The fraction of sp³-hybridized carbons (Fsp3) is 0.200. The number of hydrogen-bond donors (Lipinski definition) is 1. The average Bonchev–Trinajstić information content (AvgIpc) is 2.65. The molecule has 1 N–H and O–H groups in total. The normalized spacial score (nSPS) is 10.4. The molecule has 1 heterocycles. The maximum Gasteiger partial charge on any atom is 0.119 e. The number of ether oxygens (including phenoxy) is 1. The van der Waals surface area contributed by atoms with Crippen molar-refractivity contribution in [1.29, 1.82) is 5.26 Å². The number of anilines is 1. The molecular weight excluding hydrogens is 298 g/mol. The molecule has 24 heavy (non-hydrogen) atoms. The fourth-order valence-electron chi connectivity index (χ4n) is 2.66. The van der Waals surface area contributed by atoms with E-state index in [0.717, 1.165) is 28.8 Å². The van der Waals surface area contributed by atoms with Gasteiger partial charge in [-0.2, -0.15) is 5.26 Å². The molecule has 0 fully saturated rings. The second-order valence-corrected chi connectivity index (χ2v) is 5.57. The van der Waals surface area contributed by atoms with Gasteiger partial charge < -0.3 is 10.1 Å². The van der Waals surface area contributed by atoms with Gasteiger partial charge in [0.2, 0.25) is 0 Å². The van der Waals surface area contributed by atoms with Crippen LogP contribution in [-0.4, -0.2) is 12.1 Å². The van der Waals surface area contributed by atoms with Crippen LogP contribution >= 0.6 is 0 Å². The van der Waals surface area contributed by atoms with Gasteiger partial charge in [0.15, 0.2) is 0 Å². The van der Waals surface area contributed by atoms with Crippen LogP contribution in [0.3, 0.4) is 0 Å². The van der Waals surface area contributed by atoms with Gasteiger partial charge in [0.05, 0.1) is 23.9 Å². The Morgan fingerprint density at radius 1 is 1.12 bits per heavy atom. The summed E-state index contributed by atoms with van der Waals surface area (Å²) in [5, 5.41) is 13.7. The van der Waals surface area contributed by atoms with E-state index in [1.54, 1.807) is 13.3 Å². The summed E-state index contributed by atoms with van der Waals surface area (Å²) in [4.78, 5) is 4.35. The Labute approximate surface area is 141 Å². The number of benzene rings is 2. The third kappa shape index (κ3) is 3.16. The quantitative estimate of drug-likeness (QED) is 0.762. The van der Waals surface area contributed by atoms with Crippen LogP contribution in [0.2, 0.25) is 0 Å². The van der Waals surface area contributed by atoms with E-state index in [1.165, 1.54) is 11.1 Å². The maximum atomic E-state index is 9.41. The molecule has 0 spiro atoms. The number of nitrogens with zero attached hydrogens (tertiary/aromatic N) is 2. The lowest BCUT2D eigenvalue weighted by atomic mass is 10.1. The van der Waals surface area contributed by atoms with Crippen LogP contribution in [0.15, 0.2) is 48.7 Å². The Morgan fingerprint density at radius 3 is 2.54 bits per heavy atom. The highest BCUT2D eigenvalue weighted by atomic mass is 16.5. The first-order valence-corrected chi connectivity index (χ1v) is 7.93. The summed E-state index contributed by atoms with van der Waals surface area (Å²) < 4.78 is 5.30. The largest absolute Gasteiger partial charge is 0.497 e. The van der Waals surface area contributed by atoms with Gasteiger partial charge in [0.1, 0.15) is 11.8 Å². The third-order valence-electron chi connectivity index (χ3n) is 4.10. The van der Waals surface area contributed by atoms with Gasteiger partial charge in [-0.15, -0.1) is 0 Å². The molecule has 0 atom stereocenters. The summed E-state index contributed by atoms with van der Waals surface area (Å²) in [6, 6.07) is 16.4. The minimum atomic E-state index is 0.529. The highest BCUT2D eigenvalue weighted by molar-refractivity contribution is 5.94. The Bertz CT molecular complexity index is 895. The third-order valence-corrected chi connectivity index (χ3v) is 4.10. The van der Waals surface area contributed by atoms with Crippen molar-refractivity contribution >= 4 is 16.6 Å². The van der Waals surface area contributed by atoms with Crippen LogP contribution in [0, 0.1) is 11.3 Å². The van der Waals surface area contributed by atoms with Gasteiger partial charge in [-0.05, 0) is 35.7 Å². The second kappa shape index (κ2) is 7.01. The second-order valence-electron chi connectivity index (χ2n) is 5.57. The number of hydrogen-bond acceptors (Lipinski definition) is 4. The van der Waals surface area contributed by atoms with Crippen LogP contribution in [0.1, 0.15) is 23.6 Å². The van der Waals surface area contributed by atoms with E-state index < -0.39 is 0 Å². The summed E-state index contributed by atoms with van der Waals surface area (Å²) in [5.41, 5.74) is 4.64. The first-order chi connectivity index (χ1) is 11.7. The molecule has 0 unspecified atom stereocenters. The molecule has 120 valence electrons. The Balaban J connectivity index is 1.95. The first-order valence-electron chi connectivity index (χ1n) is 7.93. The molecular formula is C20H19N3O. The van der Waals surface area contributed by atoms with Gasteiger partial charge in [0.25, 0.3) is 0 Å². The molecule has 0 aliphatic rings. The highest BCUT2D eigenvalue weighted by Gasteiger charge is 2.10. The van der Waals surface area contributed by atoms with Crippen molar-refractivity contribution in [3.63, 3.8) is 0 Å². The number of aryl methyl sites for hydroxylation is 1. The summed E-state index contributed by atoms with van der Waals surface area (Å²) in [7, 11) is 1.63. The van der Waals surface area contributed by atoms with Crippen LogP contribution in [0.5, 0.6) is 5.75 Å². The molecule has 4 nitrogen and oxygen atoms in total. The number of rotatable bonds is 5. The molecule has 0 saturated heterocycles. The Morgan fingerprint density at radius 2 is 1.88 bits per heavy atom. The number of fused-ring (bicyclic) bond motifs is 1. The number of pyridine rings is 1. The number of methoxy groups -OCH3 is 1. The van der Waals surface area contributed by atoms with E-state index in [-0.39, 0.29) is 0 Å². The zero-order valence-electron chi connectivity index (χ0n) is 13.8. The molecule has 4 heteroatoms. The summed E-state index contributed by atoms with van der Waals surface area (Å²) in [5.74, 6) is 0.745. The van der Waals surface area contributed by atoms with E-state index in [4.69, 9.17) is 4.74 Å². The van der Waals surface area contributed by atoms with Gasteiger partial charge in [-0.25, -0.2) is 0 Å². The van der Waals surface area contributed by atoms with Gasteiger partial charge >= 0.3 is 0 Å². The smallest absolute Gasteiger partial charge is 0.119 e. The van der Waals surface area contributed by atoms with Crippen LogP contribution in [-0.2, 0) is 13.0 Å². The predicted molar refractivity (Wildman–Crippen MR) is 96.2 cm³/mol. The van der Waals surface area contributed by atoms with Crippen LogP contribution < -0.4 is 10.1 Å². The lowest BCUT2D eigenvalue weighted by Gasteiger charge is -2.12. The lowest BCUT2D eigenvalue weighted by Crippen LogP contribution is -2.03. The molecule has 0 aliphatic carbocycles. The van der Waals surface area contributed by atoms with Crippen molar-refractivity contribution in [2.45, 2.75) is 19.9 Å². The standard InChI is InChI=1S/C20H19N3O/c1-3-14-4-6-15(7-5-14)12-23-20-16(11-21)13-22-19-9-8-17(24-2)10-18(19)20/h4-10,13H,3,12H2,1-2H3,(H,22,23). The van der Waals surface area contributed by atoms with E-state index in [1.807, 2.05) is 18.2 Å². The predicted octanol–water partition coefficient (Wildman–Crippen LogP) is 4.29. The minimum Gasteiger partial charge on any atom is -0.497 e. The molecule has 0 saturated carbocycles. The Hall–Kier alpha value is -3.06. The van der Waals surface area contributed by atoms with E-state index in [9.17, 15) is 5.26 Å². The van der Waals surface area contributed by atoms with Crippen LogP contribution in [0.25, 0.3) is 10.9 Å². The SMILES string of the molecule is CCc1ccc(CNc2c(C#N)cnc3ccc(OC)cc23)cc1. The molecule has 0 aliphatic heterocycles. The van der Waals surface area contributed by atoms with Gasteiger partial charge in [0, 0.05) is 18.1 Å². The van der Waals surface area contributed by atoms with Gasteiger partial charge in [-0.3, -0.25) is 4.98 Å². The topological polar surface area (TPSA) is 57.9 Å². The van der Waals surface area contributed by atoms with E-state index in [2.05, 4.69) is 47.6 Å². The number of nitrogens with one attached hydrogen (secondary N) is 1. The molecule has 3 aromatic rings. The first kappa shape index (κ1) is 15.8. The van der Waals surface area contributed by atoms with Crippen molar-refractivity contribution < 1.29 is 4.74 Å². The van der Waals surface area contributed by atoms with Crippen molar-refractivity contribution in [3.8, 4) is 11.8 Å². The van der Waals surface area contributed by atoms with Crippen molar-refractivity contribution in [3.05, 3.63) is 65.4 Å². The van der Waals surface area contributed by atoms with E-state index in [0.29, 0.717) is 12.1 Å². The molecule has 0 radical (unpaired) electrons. The highest BCUT2D eigenvalue weighted by Crippen LogP contribution is 2.29. The minimum absolute atomic E-state index is 0.529. The molecule has 2 aromatic carbocycles. The van der Waals surface area contributed by atoms with Crippen molar-refractivity contribution in [2.24, 2.45) is 0 Å². The fourth-order valence-corrected chi connectivity index (χ4v) is 2.66. The summed E-state index contributed by atoms with van der Waals surface area (Å²) >= 11 is 0. The zero-order valence-corrected chi connectivity index (χ0v) is 13.8. The van der Waals surface area contributed by atoms with E-state index >= 15 is 0 Å². The summed E-state index contributed by atoms with van der Waals surface area (Å²) in [6.45, 7) is 2.79.